The summed E-state index contributed by atoms with van der Waals surface area (Å²) < 4.78 is 2.25. The van der Waals surface area contributed by atoms with Gasteiger partial charge >= 0.3 is 0 Å². The Bertz CT molecular complexity index is 120. The molecule has 0 aliphatic carbocycles. The second-order valence-corrected chi connectivity index (χ2v) is 4.70. The largest absolute Gasteiger partial charge is 0.356 e. The standard InChI is InChI=1S/C8H15I2NO/c9-5-1-2-7-11-8(12)4-3-6-10/h1-7H2,(H,11,12). The van der Waals surface area contributed by atoms with E-state index in [0.717, 1.165) is 23.8 Å². The van der Waals surface area contributed by atoms with Gasteiger partial charge in [-0.05, 0) is 23.7 Å². The van der Waals surface area contributed by atoms with Gasteiger partial charge in [0.15, 0.2) is 0 Å². The number of halogens is 2. The molecule has 0 aliphatic rings. The second-order valence-electron chi connectivity index (χ2n) is 2.54. The van der Waals surface area contributed by atoms with Gasteiger partial charge < -0.3 is 5.32 Å². The van der Waals surface area contributed by atoms with E-state index in [1.165, 1.54) is 10.8 Å². The van der Waals surface area contributed by atoms with E-state index in [9.17, 15) is 4.79 Å². The third-order valence-electron chi connectivity index (χ3n) is 1.42. The van der Waals surface area contributed by atoms with Gasteiger partial charge in [-0.1, -0.05) is 45.2 Å². The Labute approximate surface area is 102 Å². The molecule has 1 N–H and O–H groups in total. The number of carbonyl (C=O) groups is 1. The van der Waals surface area contributed by atoms with Crippen LogP contribution >= 0.6 is 45.2 Å². The summed E-state index contributed by atoms with van der Waals surface area (Å²) >= 11 is 4.64. The van der Waals surface area contributed by atoms with E-state index in [2.05, 4.69) is 50.5 Å². The molecular weight excluding hydrogens is 380 g/mol. The quantitative estimate of drug-likeness (QED) is 0.401. The lowest BCUT2D eigenvalue weighted by Crippen LogP contribution is -2.24. The number of rotatable bonds is 7. The molecule has 0 aromatic rings. The number of carbonyl (C=O) groups excluding carboxylic acids is 1. The van der Waals surface area contributed by atoms with Gasteiger partial charge in [0.2, 0.25) is 5.91 Å². The molecule has 0 atom stereocenters. The fourth-order valence-electron chi connectivity index (χ4n) is 0.763. The normalized spacial score (nSPS) is 9.83. The number of hydrogen-bond acceptors (Lipinski definition) is 1. The van der Waals surface area contributed by atoms with Crippen LogP contribution < -0.4 is 5.32 Å². The average Bonchev–Trinajstić information content (AvgIpc) is 2.09. The number of unbranched alkanes of at least 4 members (excludes halogenated alkanes) is 1. The molecule has 0 saturated heterocycles. The highest BCUT2D eigenvalue weighted by Crippen LogP contribution is 1.95. The van der Waals surface area contributed by atoms with E-state index in [-0.39, 0.29) is 5.91 Å². The maximum atomic E-state index is 11.0. The van der Waals surface area contributed by atoms with Gasteiger partial charge in [0.05, 0.1) is 0 Å². The molecule has 1 amide bonds. The Morgan fingerprint density at radius 1 is 1.08 bits per heavy atom. The van der Waals surface area contributed by atoms with Crippen molar-refractivity contribution >= 4 is 51.1 Å². The van der Waals surface area contributed by atoms with Gasteiger partial charge in [-0.2, -0.15) is 0 Å². The molecule has 0 aliphatic heterocycles. The first-order valence-corrected chi connectivity index (χ1v) is 7.25. The molecule has 0 rings (SSSR count). The van der Waals surface area contributed by atoms with Crippen LogP contribution in [0, 0.1) is 0 Å². The van der Waals surface area contributed by atoms with E-state index in [1.807, 2.05) is 0 Å². The summed E-state index contributed by atoms with van der Waals surface area (Å²) in [5, 5.41) is 2.91. The minimum Gasteiger partial charge on any atom is -0.356 e. The molecule has 0 spiro atoms. The smallest absolute Gasteiger partial charge is 0.220 e. The number of amides is 1. The molecule has 12 heavy (non-hydrogen) atoms. The van der Waals surface area contributed by atoms with Crippen LogP contribution in [-0.4, -0.2) is 21.3 Å². The van der Waals surface area contributed by atoms with Crippen LogP contribution in [-0.2, 0) is 4.79 Å². The van der Waals surface area contributed by atoms with Crippen LogP contribution in [0.25, 0.3) is 0 Å². The van der Waals surface area contributed by atoms with E-state index in [4.69, 9.17) is 0 Å². The number of alkyl halides is 2. The Hall–Kier alpha value is 0.930. The molecule has 2 nitrogen and oxygen atoms in total. The highest BCUT2D eigenvalue weighted by atomic mass is 127. The van der Waals surface area contributed by atoms with E-state index < -0.39 is 0 Å². The van der Waals surface area contributed by atoms with Crippen molar-refractivity contribution in [3.8, 4) is 0 Å². The predicted molar refractivity (Wildman–Crippen MR) is 69.3 cm³/mol. The van der Waals surface area contributed by atoms with Crippen LogP contribution in [0.5, 0.6) is 0 Å². The van der Waals surface area contributed by atoms with Crippen LogP contribution in [0.1, 0.15) is 25.7 Å². The van der Waals surface area contributed by atoms with E-state index in [1.54, 1.807) is 0 Å². The molecule has 0 fully saturated rings. The maximum Gasteiger partial charge on any atom is 0.220 e. The Morgan fingerprint density at radius 3 is 2.33 bits per heavy atom. The second kappa shape index (κ2) is 10.0. The first-order chi connectivity index (χ1) is 5.81. The summed E-state index contributed by atoms with van der Waals surface area (Å²) in [5.74, 6) is 0.208. The summed E-state index contributed by atoms with van der Waals surface area (Å²) in [6.45, 7) is 0.850. The third kappa shape index (κ3) is 9.02. The molecule has 0 aromatic heterocycles. The zero-order valence-electron chi connectivity index (χ0n) is 7.11. The first-order valence-electron chi connectivity index (χ1n) is 4.20. The summed E-state index contributed by atoms with van der Waals surface area (Å²) in [7, 11) is 0. The lowest BCUT2D eigenvalue weighted by atomic mass is 10.3. The molecule has 0 radical (unpaired) electrons. The van der Waals surface area contributed by atoms with Gasteiger partial charge in [0.1, 0.15) is 0 Å². The lowest BCUT2D eigenvalue weighted by Gasteiger charge is -2.02. The summed E-state index contributed by atoms with van der Waals surface area (Å²) in [4.78, 5) is 11.0. The van der Waals surface area contributed by atoms with E-state index in [0.29, 0.717) is 6.42 Å². The summed E-state index contributed by atoms with van der Waals surface area (Å²) in [6, 6.07) is 0. The Morgan fingerprint density at radius 2 is 1.75 bits per heavy atom. The Balaban J connectivity index is 3.08. The van der Waals surface area contributed by atoms with Gasteiger partial charge in [-0.15, -0.1) is 0 Å². The van der Waals surface area contributed by atoms with Crippen LogP contribution in [0.15, 0.2) is 0 Å². The SMILES string of the molecule is O=C(CCCI)NCCCCI. The van der Waals surface area contributed by atoms with Gasteiger partial charge in [0, 0.05) is 17.4 Å². The molecule has 0 unspecified atom stereocenters. The molecule has 0 heterocycles. The van der Waals surface area contributed by atoms with Gasteiger partial charge in [-0.3, -0.25) is 4.79 Å². The summed E-state index contributed by atoms with van der Waals surface area (Å²) in [5.41, 5.74) is 0. The predicted octanol–water partition coefficient (Wildman–Crippen LogP) is 2.53. The van der Waals surface area contributed by atoms with Gasteiger partial charge in [0.25, 0.3) is 0 Å². The van der Waals surface area contributed by atoms with Crippen LogP contribution in [0.3, 0.4) is 0 Å². The topological polar surface area (TPSA) is 29.1 Å². The van der Waals surface area contributed by atoms with Crippen LogP contribution in [0.2, 0.25) is 0 Å². The fraction of sp³-hybridized carbons (Fsp3) is 0.875. The maximum absolute atomic E-state index is 11.0. The zero-order valence-corrected chi connectivity index (χ0v) is 11.4. The minimum atomic E-state index is 0.208. The molecule has 0 aromatic carbocycles. The van der Waals surface area contributed by atoms with E-state index >= 15 is 0 Å². The number of hydrogen-bond donors (Lipinski definition) is 1. The van der Waals surface area contributed by atoms with Crippen molar-refractivity contribution in [2.45, 2.75) is 25.7 Å². The highest BCUT2D eigenvalue weighted by Gasteiger charge is 1.98. The zero-order chi connectivity index (χ0) is 9.23. The monoisotopic (exact) mass is 395 g/mol. The molecule has 0 saturated carbocycles. The highest BCUT2D eigenvalue weighted by molar-refractivity contribution is 14.1. The Kier molecular flexibility index (Phi) is 10.8. The lowest BCUT2D eigenvalue weighted by molar-refractivity contribution is -0.121. The third-order valence-corrected chi connectivity index (χ3v) is 2.95. The van der Waals surface area contributed by atoms with Crippen molar-refractivity contribution in [2.75, 3.05) is 15.4 Å². The van der Waals surface area contributed by atoms with Crippen molar-refractivity contribution in [1.29, 1.82) is 0 Å². The molecule has 0 bridgehead atoms. The van der Waals surface area contributed by atoms with Crippen molar-refractivity contribution in [2.24, 2.45) is 0 Å². The fourth-order valence-corrected chi connectivity index (χ4v) is 1.68. The summed E-state index contributed by atoms with van der Waals surface area (Å²) in [6.07, 6.45) is 4.00. The molecule has 72 valence electrons. The van der Waals surface area contributed by atoms with Crippen LogP contribution in [0.4, 0.5) is 0 Å². The molecular formula is C8H15I2NO. The molecule has 4 heteroatoms. The van der Waals surface area contributed by atoms with Gasteiger partial charge in [-0.25, -0.2) is 0 Å². The minimum absolute atomic E-state index is 0.208. The number of nitrogens with one attached hydrogen (secondary N) is 1. The van der Waals surface area contributed by atoms with Crippen molar-refractivity contribution in [1.82, 2.24) is 5.32 Å². The van der Waals surface area contributed by atoms with Crippen molar-refractivity contribution in [3.05, 3.63) is 0 Å². The van der Waals surface area contributed by atoms with Crippen molar-refractivity contribution < 1.29 is 4.79 Å². The average molecular weight is 395 g/mol. The van der Waals surface area contributed by atoms with Crippen molar-refractivity contribution in [3.63, 3.8) is 0 Å². The first kappa shape index (κ1) is 12.9.